The normalized spacial score (nSPS) is 11.7. The highest BCUT2D eigenvalue weighted by Crippen LogP contribution is 2.26. The minimum Gasteiger partial charge on any atom is -0.335 e. The van der Waals surface area contributed by atoms with Gasteiger partial charge in [0, 0.05) is 35.2 Å². The van der Waals surface area contributed by atoms with Crippen molar-refractivity contribution in [1.82, 2.24) is 15.1 Å². The molecule has 0 aliphatic carbocycles. The Hall–Kier alpha value is -2.77. The predicted octanol–water partition coefficient (Wildman–Crippen LogP) is 5.13. The smallest absolute Gasteiger partial charge is 0.254 e. The van der Waals surface area contributed by atoms with Crippen molar-refractivity contribution in [3.63, 3.8) is 0 Å². The number of amides is 2. The molecule has 30 heavy (non-hydrogen) atoms. The van der Waals surface area contributed by atoms with Crippen LogP contribution in [-0.2, 0) is 4.79 Å². The molecule has 8 heteroatoms. The van der Waals surface area contributed by atoms with Crippen LogP contribution < -0.4 is 5.32 Å². The molecule has 0 fully saturated rings. The van der Waals surface area contributed by atoms with Gasteiger partial charge in [-0.15, -0.1) is 10.2 Å². The Kier molecular flexibility index (Phi) is 7.54. The molecule has 2 aromatic carbocycles. The molecular formula is C22H23ClN4O2S. The van der Waals surface area contributed by atoms with E-state index in [9.17, 15) is 9.59 Å². The first-order valence-corrected chi connectivity index (χ1v) is 10.9. The predicted molar refractivity (Wildman–Crippen MR) is 121 cm³/mol. The van der Waals surface area contributed by atoms with E-state index in [1.54, 1.807) is 29.2 Å². The van der Waals surface area contributed by atoms with Crippen LogP contribution in [0.5, 0.6) is 0 Å². The first kappa shape index (κ1) is 21.9. The van der Waals surface area contributed by atoms with Gasteiger partial charge in [-0.05, 0) is 37.6 Å². The van der Waals surface area contributed by atoms with Crippen LogP contribution in [0.2, 0.25) is 5.02 Å². The summed E-state index contributed by atoms with van der Waals surface area (Å²) in [4.78, 5) is 27.1. The van der Waals surface area contributed by atoms with E-state index in [1.165, 1.54) is 11.3 Å². The SMILES string of the molecule is CCC(C)N(CCC(=O)Nc1nnc(-c2ccccc2)s1)C(=O)c1ccc(Cl)cc1. The average molecular weight is 443 g/mol. The minimum atomic E-state index is -0.206. The van der Waals surface area contributed by atoms with Crippen molar-refractivity contribution >= 4 is 39.9 Å². The Morgan fingerprint density at radius 2 is 1.80 bits per heavy atom. The van der Waals surface area contributed by atoms with E-state index in [1.807, 2.05) is 44.2 Å². The van der Waals surface area contributed by atoms with E-state index < -0.39 is 0 Å². The second-order valence-electron chi connectivity index (χ2n) is 6.84. The van der Waals surface area contributed by atoms with Crippen molar-refractivity contribution in [3.8, 4) is 10.6 Å². The monoisotopic (exact) mass is 442 g/mol. The Morgan fingerprint density at radius 1 is 1.10 bits per heavy atom. The molecule has 0 saturated carbocycles. The number of carbonyl (C=O) groups excluding carboxylic acids is 2. The van der Waals surface area contributed by atoms with Crippen LogP contribution in [-0.4, -0.2) is 39.5 Å². The summed E-state index contributed by atoms with van der Waals surface area (Å²) in [6.07, 6.45) is 0.960. The molecular weight excluding hydrogens is 420 g/mol. The van der Waals surface area contributed by atoms with Crippen LogP contribution in [0.1, 0.15) is 37.0 Å². The van der Waals surface area contributed by atoms with Crippen molar-refractivity contribution in [2.75, 3.05) is 11.9 Å². The third-order valence-corrected chi connectivity index (χ3v) is 5.89. The molecule has 156 valence electrons. The summed E-state index contributed by atoms with van der Waals surface area (Å²) in [6, 6.07) is 16.5. The maximum Gasteiger partial charge on any atom is 0.254 e. The number of carbonyl (C=O) groups is 2. The number of anilines is 1. The summed E-state index contributed by atoms with van der Waals surface area (Å²) in [5.41, 5.74) is 1.50. The summed E-state index contributed by atoms with van der Waals surface area (Å²) >= 11 is 7.24. The van der Waals surface area contributed by atoms with Gasteiger partial charge in [0.15, 0.2) is 0 Å². The molecule has 1 N–H and O–H groups in total. The van der Waals surface area contributed by atoms with E-state index in [0.717, 1.165) is 17.0 Å². The van der Waals surface area contributed by atoms with Crippen LogP contribution in [0.25, 0.3) is 10.6 Å². The Balaban J connectivity index is 1.61. The van der Waals surface area contributed by atoms with E-state index in [4.69, 9.17) is 11.6 Å². The molecule has 3 aromatic rings. The molecule has 0 spiro atoms. The van der Waals surface area contributed by atoms with Gasteiger partial charge in [0.2, 0.25) is 11.0 Å². The Bertz CT molecular complexity index is 992. The number of halogens is 1. The summed E-state index contributed by atoms with van der Waals surface area (Å²) in [5, 5.41) is 12.7. The molecule has 1 heterocycles. The fourth-order valence-electron chi connectivity index (χ4n) is 2.88. The highest BCUT2D eigenvalue weighted by Gasteiger charge is 2.21. The molecule has 0 aliphatic rings. The van der Waals surface area contributed by atoms with Crippen molar-refractivity contribution in [2.24, 2.45) is 0 Å². The van der Waals surface area contributed by atoms with Crippen LogP contribution >= 0.6 is 22.9 Å². The van der Waals surface area contributed by atoms with E-state index >= 15 is 0 Å². The standard InChI is InChI=1S/C22H23ClN4O2S/c1-3-15(2)27(21(29)17-9-11-18(23)12-10-17)14-13-19(28)24-22-26-25-20(30-22)16-7-5-4-6-8-16/h4-12,15H,3,13-14H2,1-2H3,(H,24,26,28). The number of hydrogen-bond acceptors (Lipinski definition) is 5. The molecule has 0 aliphatic heterocycles. The highest BCUT2D eigenvalue weighted by atomic mass is 35.5. The fraction of sp³-hybridized carbons (Fsp3) is 0.273. The lowest BCUT2D eigenvalue weighted by Gasteiger charge is -2.28. The van der Waals surface area contributed by atoms with E-state index in [-0.39, 0.29) is 24.3 Å². The molecule has 0 saturated heterocycles. The first-order chi connectivity index (χ1) is 14.5. The van der Waals surface area contributed by atoms with E-state index in [0.29, 0.717) is 22.3 Å². The molecule has 2 amide bonds. The van der Waals surface area contributed by atoms with Gasteiger partial charge in [-0.25, -0.2) is 0 Å². The second kappa shape index (κ2) is 10.3. The number of nitrogens with zero attached hydrogens (tertiary/aromatic N) is 3. The molecule has 0 radical (unpaired) electrons. The maximum atomic E-state index is 12.9. The number of nitrogens with one attached hydrogen (secondary N) is 1. The minimum absolute atomic E-state index is 0.00666. The largest absolute Gasteiger partial charge is 0.335 e. The van der Waals surface area contributed by atoms with Gasteiger partial charge in [-0.2, -0.15) is 0 Å². The van der Waals surface area contributed by atoms with Gasteiger partial charge in [0.1, 0.15) is 5.01 Å². The summed E-state index contributed by atoms with van der Waals surface area (Å²) < 4.78 is 0. The van der Waals surface area contributed by atoms with Crippen LogP contribution in [0.4, 0.5) is 5.13 Å². The zero-order valence-corrected chi connectivity index (χ0v) is 18.4. The second-order valence-corrected chi connectivity index (χ2v) is 8.25. The number of aromatic nitrogens is 2. The highest BCUT2D eigenvalue weighted by molar-refractivity contribution is 7.18. The van der Waals surface area contributed by atoms with Gasteiger partial charge < -0.3 is 10.2 Å². The average Bonchev–Trinajstić information content (AvgIpc) is 3.23. The van der Waals surface area contributed by atoms with Crippen molar-refractivity contribution in [1.29, 1.82) is 0 Å². The number of benzene rings is 2. The van der Waals surface area contributed by atoms with Crippen molar-refractivity contribution in [3.05, 3.63) is 65.2 Å². The van der Waals surface area contributed by atoms with Gasteiger partial charge in [0.25, 0.3) is 5.91 Å². The van der Waals surface area contributed by atoms with Gasteiger partial charge in [-0.1, -0.05) is 60.2 Å². The lowest BCUT2D eigenvalue weighted by Crippen LogP contribution is -2.40. The number of hydrogen-bond donors (Lipinski definition) is 1. The van der Waals surface area contributed by atoms with Crippen LogP contribution in [0, 0.1) is 0 Å². The van der Waals surface area contributed by atoms with Crippen molar-refractivity contribution < 1.29 is 9.59 Å². The summed E-state index contributed by atoms with van der Waals surface area (Å²) in [5.74, 6) is -0.320. The van der Waals surface area contributed by atoms with Crippen LogP contribution in [0.3, 0.4) is 0 Å². The van der Waals surface area contributed by atoms with Gasteiger partial charge in [0.05, 0.1) is 0 Å². The maximum absolute atomic E-state index is 12.9. The zero-order chi connectivity index (χ0) is 21.5. The molecule has 6 nitrogen and oxygen atoms in total. The first-order valence-electron chi connectivity index (χ1n) is 9.73. The third-order valence-electron chi connectivity index (χ3n) is 4.75. The lowest BCUT2D eigenvalue weighted by atomic mass is 10.1. The molecule has 1 atom stereocenters. The van der Waals surface area contributed by atoms with Gasteiger partial charge >= 0.3 is 0 Å². The topological polar surface area (TPSA) is 75.2 Å². The van der Waals surface area contributed by atoms with Crippen molar-refractivity contribution in [2.45, 2.75) is 32.7 Å². The fourth-order valence-corrected chi connectivity index (χ4v) is 3.77. The molecule has 1 unspecified atom stereocenters. The van der Waals surface area contributed by atoms with E-state index in [2.05, 4.69) is 15.5 Å². The molecule has 0 bridgehead atoms. The molecule has 1 aromatic heterocycles. The summed E-state index contributed by atoms with van der Waals surface area (Å²) in [7, 11) is 0. The third kappa shape index (κ3) is 5.64. The van der Waals surface area contributed by atoms with Gasteiger partial charge in [-0.3, -0.25) is 9.59 Å². The van der Waals surface area contributed by atoms with Crippen LogP contribution in [0.15, 0.2) is 54.6 Å². The number of rotatable bonds is 8. The Morgan fingerprint density at radius 3 is 2.47 bits per heavy atom. The zero-order valence-electron chi connectivity index (χ0n) is 16.8. The summed E-state index contributed by atoms with van der Waals surface area (Å²) in [6.45, 7) is 4.30. The quantitative estimate of drug-likeness (QED) is 0.524. The Labute approximate surface area is 184 Å². The lowest BCUT2D eigenvalue weighted by molar-refractivity contribution is -0.116. The molecule has 3 rings (SSSR count).